The normalized spacial score (nSPS) is 10.9. The summed E-state index contributed by atoms with van der Waals surface area (Å²) in [6.07, 6.45) is 7.34. The fraction of sp³-hybridized carbons (Fsp3) is 0.0741. The molecule has 0 spiro atoms. The highest BCUT2D eigenvalue weighted by molar-refractivity contribution is 9.10. The number of hydrogen-bond acceptors (Lipinski definition) is 3. The van der Waals surface area contributed by atoms with Gasteiger partial charge in [0.2, 0.25) is 0 Å². The van der Waals surface area contributed by atoms with Gasteiger partial charge in [0.15, 0.2) is 5.78 Å². The number of allylic oxidation sites excluding steroid dienone is 1. The Kier molecular flexibility index (Phi) is 6.87. The topological polar surface area (TPSA) is 40.5 Å². The second-order valence-electron chi connectivity index (χ2n) is 7.15. The van der Waals surface area contributed by atoms with Crippen LogP contribution in [0.15, 0.2) is 102 Å². The van der Waals surface area contributed by atoms with Gasteiger partial charge in [0.25, 0.3) is 0 Å². The van der Waals surface area contributed by atoms with E-state index in [2.05, 4.69) is 15.9 Å². The summed E-state index contributed by atoms with van der Waals surface area (Å²) in [7, 11) is 1.63. The quantitative estimate of drug-likeness (QED) is 0.204. The summed E-state index contributed by atoms with van der Waals surface area (Å²) in [4.78, 5) is 12.6. The molecular weight excluding hydrogens is 466 g/mol. The summed E-state index contributed by atoms with van der Waals surface area (Å²) >= 11 is 3.45. The number of rotatable bonds is 8. The Balaban J connectivity index is 1.46. The molecule has 0 radical (unpaired) electrons. The molecule has 0 aliphatic carbocycles. The molecule has 4 nitrogen and oxygen atoms in total. The first-order valence-electron chi connectivity index (χ1n) is 10.1. The number of hydrogen-bond donors (Lipinski definition) is 0. The van der Waals surface area contributed by atoms with E-state index in [4.69, 9.17) is 9.47 Å². The molecule has 0 atom stereocenters. The molecule has 3 aromatic carbocycles. The van der Waals surface area contributed by atoms with Crippen molar-refractivity contribution < 1.29 is 14.3 Å². The van der Waals surface area contributed by atoms with E-state index in [1.807, 2.05) is 102 Å². The minimum atomic E-state index is -0.0493. The number of ketones is 1. The van der Waals surface area contributed by atoms with Gasteiger partial charge in [0.1, 0.15) is 18.1 Å². The first kappa shape index (κ1) is 21.7. The third kappa shape index (κ3) is 5.37. The summed E-state index contributed by atoms with van der Waals surface area (Å²) in [5.41, 5.74) is 3.46. The summed E-state index contributed by atoms with van der Waals surface area (Å²) < 4.78 is 14.3. The number of aromatic nitrogens is 1. The predicted octanol–water partition coefficient (Wildman–Crippen LogP) is 6.72. The van der Waals surface area contributed by atoms with E-state index in [0.29, 0.717) is 12.2 Å². The molecule has 0 aliphatic rings. The second-order valence-corrected chi connectivity index (χ2v) is 8.07. The fourth-order valence-electron chi connectivity index (χ4n) is 3.31. The van der Waals surface area contributed by atoms with Gasteiger partial charge in [-0.3, -0.25) is 4.79 Å². The van der Waals surface area contributed by atoms with Crippen molar-refractivity contribution in [2.45, 2.75) is 6.61 Å². The highest BCUT2D eigenvalue weighted by atomic mass is 79.9. The highest BCUT2D eigenvalue weighted by Gasteiger charge is 2.07. The van der Waals surface area contributed by atoms with Crippen molar-refractivity contribution in [3.8, 4) is 17.2 Å². The van der Waals surface area contributed by atoms with Crippen LogP contribution in [0.5, 0.6) is 11.5 Å². The van der Waals surface area contributed by atoms with Crippen LogP contribution in [0.1, 0.15) is 21.5 Å². The maximum absolute atomic E-state index is 12.6. The van der Waals surface area contributed by atoms with Crippen LogP contribution in [0.25, 0.3) is 11.8 Å². The molecule has 0 bridgehead atoms. The second kappa shape index (κ2) is 10.2. The van der Waals surface area contributed by atoms with Crippen molar-refractivity contribution in [1.82, 2.24) is 4.57 Å². The molecule has 0 saturated heterocycles. The van der Waals surface area contributed by atoms with Crippen molar-refractivity contribution in [3.05, 3.63) is 118 Å². The molecule has 4 aromatic rings. The number of methoxy groups -OCH3 is 1. The monoisotopic (exact) mass is 487 g/mol. The Morgan fingerprint density at radius 2 is 1.75 bits per heavy atom. The zero-order valence-corrected chi connectivity index (χ0v) is 19.2. The maximum Gasteiger partial charge on any atom is 0.185 e. The van der Waals surface area contributed by atoms with Crippen LogP contribution in [0.4, 0.5) is 0 Å². The Bertz CT molecular complexity index is 1230. The zero-order valence-electron chi connectivity index (χ0n) is 17.6. The van der Waals surface area contributed by atoms with E-state index in [-0.39, 0.29) is 5.78 Å². The molecule has 0 saturated carbocycles. The lowest BCUT2D eigenvalue weighted by molar-refractivity contribution is 0.104. The lowest BCUT2D eigenvalue weighted by Gasteiger charge is -2.11. The third-order valence-corrected chi connectivity index (χ3v) is 5.47. The van der Waals surface area contributed by atoms with E-state index in [0.717, 1.165) is 32.8 Å². The van der Waals surface area contributed by atoms with Crippen LogP contribution in [0.3, 0.4) is 0 Å². The molecule has 32 heavy (non-hydrogen) atoms. The Hall–Kier alpha value is -3.57. The van der Waals surface area contributed by atoms with E-state index in [9.17, 15) is 4.79 Å². The Morgan fingerprint density at radius 3 is 2.47 bits per heavy atom. The number of halogens is 1. The van der Waals surface area contributed by atoms with Crippen molar-refractivity contribution in [1.29, 1.82) is 0 Å². The molecule has 0 unspecified atom stereocenters. The smallest absolute Gasteiger partial charge is 0.185 e. The van der Waals surface area contributed by atoms with Crippen molar-refractivity contribution in [2.75, 3.05) is 7.11 Å². The summed E-state index contributed by atoms with van der Waals surface area (Å²) in [5, 5.41) is 0. The molecule has 1 aromatic heterocycles. The van der Waals surface area contributed by atoms with Gasteiger partial charge in [-0.15, -0.1) is 0 Å². The third-order valence-electron chi connectivity index (χ3n) is 4.98. The van der Waals surface area contributed by atoms with Gasteiger partial charge in [-0.2, -0.15) is 0 Å². The average Bonchev–Trinajstić information content (AvgIpc) is 3.36. The van der Waals surface area contributed by atoms with Crippen LogP contribution < -0.4 is 9.47 Å². The van der Waals surface area contributed by atoms with Crippen LogP contribution >= 0.6 is 15.9 Å². The van der Waals surface area contributed by atoms with Crippen LogP contribution in [0, 0.1) is 0 Å². The van der Waals surface area contributed by atoms with Gasteiger partial charge >= 0.3 is 0 Å². The predicted molar refractivity (Wildman–Crippen MR) is 131 cm³/mol. The number of ether oxygens (including phenoxy) is 2. The molecule has 0 N–H and O–H groups in total. The van der Waals surface area contributed by atoms with E-state index in [1.165, 1.54) is 0 Å². The van der Waals surface area contributed by atoms with Gasteiger partial charge in [0.05, 0.1) is 7.11 Å². The average molecular weight is 488 g/mol. The Morgan fingerprint density at radius 1 is 0.969 bits per heavy atom. The summed E-state index contributed by atoms with van der Waals surface area (Å²) in [6.45, 7) is 0.357. The van der Waals surface area contributed by atoms with Gasteiger partial charge in [-0.25, -0.2) is 0 Å². The zero-order chi connectivity index (χ0) is 22.3. The van der Waals surface area contributed by atoms with Crippen LogP contribution in [0.2, 0.25) is 0 Å². The van der Waals surface area contributed by atoms with Gasteiger partial charge < -0.3 is 14.0 Å². The minimum absolute atomic E-state index is 0.0493. The van der Waals surface area contributed by atoms with Gasteiger partial charge in [-0.1, -0.05) is 34.1 Å². The van der Waals surface area contributed by atoms with Gasteiger partial charge in [-0.05, 0) is 78.4 Å². The molecule has 0 amide bonds. The fourth-order valence-corrected chi connectivity index (χ4v) is 3.68. The number of carbonyl (C=O) groups is 1. The maximum atomic E-state index is 12.6. The molecule has 0 aliphatic heterocycles. The molecule has 5 heteroatoms. The van der Waals surface area contributed by atoms with E-state index >= 15 is 0 Å². The molecule has 160 valence electrons. The van der Waals surface area contributed by atoms with Crippen molar-refractivity contribution in [2.24, 2.45) is 0 Å². The Labute approximate surface area is 195 Å². The SMILES string of the molecule is COc1ccc(/C=C/C(=O)c2ccc(-n3cccc3)cc2)cc1COc1cccc(Br)c1. The summed E-state index contributed by atoms with van der Waals surface area (Å²) in [5.74, 6) is 1.46. The van der Waals surface area contributed by atoms with Crippen LogP contribution in [-0.2, 0) is 6.61 Å². The largest absolute Gasteiger partial charge is 0.496 e. The first-order chi connectivity index (χ1) is 15.6. The molecule has 1 heterocycles. The molecular formula is C27H22BrNO3. The number of carbonyl (C=O) groups excluding carboxylic acids is 1. The standard InChI is InChI=1S/C27H22BrNO3/c1-31-27-14-8-20(17-22(27)19-32-25-6-4-5-23(28)18-25)7-13-26(30)21-9-11-24(12-10-21)29-15-2-3-16-29/h2-18H,19H2,1H3/b13-7+. The van der Waals surface area contributed by atoms with E-state index < -0.39 is 0 Å². The van der Waals surface area contributed by atoms with Gasteiger partial charge in [0, 0.05) is 33.7 Å². The highest BCUT2D eigenvalue weighted by Crippen LogP contribution is 2.24. The van der Waals surface area contributed by atoms with Crippen molar-refractivity contribution in [3.63, 3.8) is 0 Å². The first-order valence-corrected chi connectivity index (χ1v) is 10.9. The lowest BCUT2D eigenvalue weighted by atomic mass is 10.1. The number of nitrogens with zero attached hydrogens (tertiary/aromatic N) is 1. The number of benzene rings is 3. The van der Waals surface area contributed by atoms with Crippen LogP contribution in [-0.4, -0.2) is 17.5 Å². The van der Waals surface area contributed by atoms with Crippen molar-refractivity contribution >= 4 is 27.8 Å². The molecule has 4 rings (SSSR count). The summed E-state index contributed by atoms with van der Waals surface area (Å²) in [6, 6.07) is 24.9. The van der Waals surface area contributed by atoms with E-state index in [1.54, 1.807) is 13.2 Å². The molecule has 0 fully saturated rings. The minimum Gasteiger partial charge on any atom is -0.496 e. The lowest BCUT2D eigenvalue weighted by Crippen LogP contribution is -1.99.